The van der Waals surface area contributed by atoms with Crippen LogP contribution in [0.15, 0.2) is 18.2 Å². The van der Waals surface area contributed by atoms with E-state index in [0.717, 1.165) is 16.6 Å². The molecule has 1 aliphatic heterocycles. The van der Waals surface area contributed by atoms with Gasteiger partial charge in [-0.05, 0) is 31.5 Å². The van der Waals surface area contributed by atoms with Crippen LogP contribution < -0.4 is 10.6 Å². The summed E-state index contributed by atoms with van der Waals surface area (Å²) in [6.07, 6.45) is 0. The van der Waals surface area contributed by atoms with Crippen LogP contribution in [0.1, 0.15) is 19.4 Å². The fraction of sp³-hybridized carbons (Fsp3) is 0.529. The van der Waals surface area contributed by atoms with Gasteiger partial charge in [0.15, 0.2) is 0 Å². The van der Waals surface area contributed by atoms with E-state index in [4.69, 9.17) is 0 Å². The van der Waals surface area contributed by atoms with E-state index in [-0.39, 0.29) is 18.0 Å². The standard InChI is InChI=1S/C17H24N6O2S/c1-12(2)19-16(24)11-22-5-7-23(8-6-22)17(25)18-10-13-3-4-14-15(9-13)21-26-20-14/h3-4,9,12H,5-8,10-11H2,1-2H3,(H,18,25)(H,19,24). The van der Waals surface area contributed by atoms with Gasteiger partial charge in [0.25, 0.3) is 0 Å². The molecule has 8 nitrogen and oxygen atoms in total. The molecule has 0 atom stereocenters. The highest BCUT2D eigenvalue weighted by molar-refractivity contribution is 7.00. The molecule has 0 bridgehead atoms. The molecule has 1 aromatic carbocycles. The summed E-state index contributed by atoms with van der Waals surface area (Å²) in [7, 11) is 0. The number of fused-ring (bicyclic) bond motifs is 1. The highest BCUT2D eigenvalue weighted by Crippen LogP contribution is 2.13. The summed E-state index contributed by atoms with van der Waals surface area (Å²) in [4.78, 5) is 28.0. The van der Waals surface area contributed by atoms with Gasteiger partial charge in [0.2, 0.25) is 5.91 Å². The summed E-state index contributed by atoms with van der Waals surface area (Å²) < 4.78 is 8.39. The lowest BCUT2D eigenvalue weighted by molar-refractivity contribution is -0.123. The van der Waals surface area contributed by atoms with E-state index < -0.39 is 0 Å². The first-order valence-electron chi connectivity index (χ1n) is 8.77. The highest BCUT2D eigenvalue weighted by Gasteiger charge is 2.22. The number of hydrogen-bond donors (Lipinski definition) is 2. The number of hydrogen-bond acceptors (Lipinski definition) is 6. The van der Waals surface area contributed by atoms with Gasteiger partial charge in [-0.2, -0.15) is 8.75 Å². The minimum absolute atomic E-state index is 0.0322. The highest BCUT2D eigenvalue weighted by atomic mass is 32.1. The molecule has 1 fully saturated rings. The molecule has 26 heavy (non-hydrogen) atoms. The molecule has 0 radical (unpaired) electrons. The van der Waals surface area contributed by atoms with Crippen molar-refractivity contribution in [3.8, 4) is 0 Å². The second kappa shape index (κ2) is 8.41. The van der Waals surface area contributed by atoms with E-state index in [1.807, 2.05) is 32.0 Å². The molecule has 1 saturated heterocycles. The van der Waals surface area contributed by atoms with E-state index in [1.54, 1.807) is 4.90 Å². The number of piperazine rings is 1. The zero-order chi connectivity index (χ0) is 18.5. The zero-order valence-corrected chi connectivity index (χ0v) is 15.9. The lowest BCUT2D eigenvalue weighted by Crippen LogP contribution is -2.53. The minimum Gasteiger partial charge on any atom is -0.353 e. The maximum absolute atomic E-state index is 12.4. The maximum Gasteiger partial charge on any atom is 0.317 e. The number of aromatic nitrogens is 2. The van der Waals surface area contributed by atoms with Crippen LogP contribution in [0.2, 0.25) is 0 Å². The third kappa shape index (κ3) is 4.89. The summed E-state index contributed by atoms with van der Waals surface area (Å²) in [5, 5.41) is 5.84. The Morgan fingerprint density at radius 1 is 1.15 bits per heavy atom. The van der Waals surface area contributed by atoms with Gasteiger partial charge in [-0.25, -0.2) is 4.79 Å². The summed E-state index contributed by atoms with van der Waals surface area (Å²) in [5.74, 6) is 0.0322. The van der Waals surface area contributed by atoms with E-state index in [2.05, 4.69) is 24.3 Å². The fourth-order valence-corrected chi connectivity index (χ4v) is 3.42. The van der Waals surface area contributed by atoms with Crippen LogP contribution in [0.5, 0.6) is 0 Å². The molecule has 1 aromatic heterocycles. The Balaban J connectivity index is 1.42. The summed E-state index contributed by atoms with van der Waals surface area (Å²) in [6, 6.07) is 5.89. The molecule has 0 spiro atoms. The molecule has 2 N–H and O–H groups in total. The number of carbonyl (C=O) groups excluding carboxylic acids is 2. The van der Waals surface area contributed by atoms with Crippen LogP contribution in [0.25, 0.3) is 11.0 Å². The predicted molar refractivity (Wildman–Crippen MR) is 101 cm³/mol. The lowest BCUT2D eigenvalue weighted by atomic mass is 10.2. The van der Waals surface area contributed by atoms with E-state index in [9.17, 15) is 9.59 Å². The van der Waals surface area contributed by atoms with Crippen molar-refractivity contribution in [2.75, 3.05) is 32.7 Å². The van der Waals surface area contributed by atoms with Gasteiger partial charge in [0.05, 0.1) is 18.3 Å². The van der Waals surface area contributed by atoms with Gasteiger partial charge in [0, 0.05) is 38.8 Å². The van der Waals surface area contributed by atoms with E-state index in [0.29, 0.717) is 39.3 Å². The van der Waals surface area contributed by atoms with Crippen molar-refractivity contribution < 1.29 is 9.59 Å². The number of amides is 3. The third-order valence-corrected chi connectivity index (χ3v) is 4.79. The molecule has 3 rings (SSSR count). The molecule has 9 heteroatoms. The van der Waals surface area contributed by atoms with Crippen LogP contribution in [0.3, 0.4) is 0 Å². The molecule has 1 aliphatic rings. The first kappa shape index (κ1) is 18.5. The second-order valence-electron chi connectivity index (χ2n) is 6.73. The van der Waals surface area contributed by atoms with Gasteiger partial charge in [-0.15, -0.1) is 0 Å². The van der Waals surface area contributed by atoms with E-state index in [1.165, 1.54) is 11.7 Å². The molecule has 2 aromatic rings. The quantitative estimate of drug-likeness (QED) is 0.814. The van der Waals surface area contributed by atoms with Crippen molar-refractivity contribution in [2.24, 2.45) is 0 Å². The van der Waals surface area contributed by atoms with Crippen molar-refractivity contribution in [1.82, 2.24) is 29.2 Å². The van der Waals surface area contributed by atoms with Crippen LogP contribution in [0.4, 0.5) is 4.79 Å². The summed E-state index contributed by atoms with van der Waals surface area (Å²) >= 11 is 1.19. The van der Waals surface area contributed by atoms with E-state index >= 15 is 0 Å². The Morgan fingerprint density at radius 3 is 2.62 bits per heavy atom. The van der Waals surface area contributed by atoms with Crippen molar-refractivity contribution >= 4 is 34.7 Å². The zero-order valence-electron chi connectivity index (χ0n) is 15.1. The molecular weight excluding hydrogens is 352 g/mol. The monoisotopic (exact) mass is 376 g/mol. The SMILES string of the molecule is CC(C)NC(=O)CN1CCN(C(=O)NCc2ccc3nsnc3c2)CC1. The Labute approximate surface area is 156 Å². The number of carbonyl (C=O) groups is 2. The van der Waals surface area contributed by atoms with Gasteiger partial charge in [0.1, 0.15) is 11.0 Å². The fourth-order valence-electron chi connectivity index (χ4n) is 2.91. The maximum atomic E-state index is 12.4. The van der Waals surface area contributed by atoms with Crippen LogP contribution in [-0.4, -0.2) is 69.3 Å². The lowest BCUT2D eigenvalue weighted by Gasteiger charge is -2.34. The molecule has 0 aliphatic carbocycles. The number of nitrogens with one attached hydrogen (secondary N) is 2. The normalized spacial score (nSPS) is 15.4. The molecule has 140 valence electrons. The number of benzene rings is 1. The van der Waals surface area contributed by atoms with Gasteiger partial charge in [-0.1, -0.05) is 6.07 Å². The van der Waals surface area contributed by atoms with Gasteiger partial charge in [-0.3, -0.25) is 9.69 Å². The number of rotatable bonds is 5. The number of nitrogens with zero attached hydrogens (tertiary/aromatic N) is 4. The van der Waals surface area contributed by atoms with Crippen molar-refractivity contribution in [3.05, 3.63) is 23.8 Å². The molecule has 2 heterocycles. The van der Waals surface area contributed by atoms with Crippen LogP contribution >= 0.6 is 11.7 Å². The number of urea groups is 1. The molecule has 0 unspecified atom stereocenters. The van der Waals surface area contributed by atoms with Crippen molar-refractivity contribution in [3.63, 3.8) is 0 Å². The Kier molecular flexibility index (Phi) is 6.00. The Morgan fingerprint density at radius 2 is 1.88 bits per heavy atom. The molecule has 0 saturated carbocycles. The Bertz CT molecular complexity index is 769. The van der Waals surface area contributed by atoms with Crippen LogP contribution in [-0.2, 0) is 11.3 Å². The first-order valence-corrected chi connectivity index (χ1v) is 9.50. The smallest absolute Gasteiger partial charge is 0.317 e. The summed E-state index contributed by atoms with van der Waals surface area (Å²) in [5.41, 5.74) is 2.74. The van der Waals surface area contributed by atoms with Crippen LogP contribution in [0, 0.1) is 0 Å². The molecule has 3 amide bonds. The molecular formula is C17H24N6O2S. The Hall–Kier alpha value is -2.26. The van der Waals surface area contributed by atoms with Crippen molar-refractivity contribution in [1.29, 1.82) is 0 Å². The van der Waals surface area contributed by atoms with Gasteiger partial charge >= 0.3 is 6.03 Å². The third-order valence-electron chi connectivity index (χ3n) is 4.24. The topological polar surface area (TPSA) is 90.5 Å². The largest absolute Gasteiger partial charge is 0.353 e. The minimum atomic E-state index is -0.0761. The van der Waals surface area contributed by atoms with Gasteiger partial charge < -0.3 is 15.5 Å². The van der Waals surface area contributed by atoms with Crippen molar-refractivity contribution in [2.45, 2.75) is 26.4 Å². The second-order valence-corrected chi connectivity index (χ2v) is 7.26. The first-order chi connectivity index (χ1) is 12.5. The average molecular weight is 376 g/mol. The predicted octanol–water partition coefficient (Wildman–Crippen LogP) is 1.04. The summed E-state index contributed by atoms with van der Waals surface area (Å²) in [6.45, 7) is 7.39. The average Bonchev–Trinajstić information content (AvgIpc) is 3.07.